The number of anilines is 1. The molecule has 0 bridgehead atoms. The highest BCUT2D eigenvalue weighted by atomic mass is 16.5. The van der Waals surface area contributed by atoms with Crippen LogP contribution >= 0.6 is 0 Å². The minimum absolute atomic E-state index is 0.127. The van der Waals surface area contributed by atoms with E-state index in [0.29, 0.717) is 12.2 Å². The van der Waals surface area contributed by atoms with Crippen LogP contribution in [0.4, 0.5) is 5.69 Å². The molecule has 0 saturated carbocycles. The van der Waals surface area contributed by atoms with Crippen molar-refractivity contribution in [1.29, 1.82) is 0 Å². The molecule has 5 nitrogen and oxygen atoms in total. The number of carbonyl (C=O) groups is 1. The number of rotatable bonds is 8. The summed E-state index contributed by atoms with van der Waals surface area (Å²) in [6.45, 7) is 4.23. The van der Waals surface area contributed by atoms with Gasteiger partial charge in [0.05, 0.1) is 0 Å². The van der Waals surface area contributed by atoms with Crippen molar-refractivity contribution >= 4 is 11.6 Å². The Balaban J connectivity index is 2.48. The lowest BCUT2D eigenvalue weighted by atomic mass is 10.3. The number of hydrogen-bond acceptors (Lipinski definition) is 4. The van der Waals surface area contributed by atoms with E-state index < -0.39 is 0 Å². The third kappa shape index (κ3) is 5.14. The molecule has 0 aromatic carbocycles. The Labute approximate surface area is 108 Å². The molecule has 0 spiro atoms. The van der Waals surface area contributed by atoms with Crippen LogP contribution in [0.1, 0.15) is 30.3 Å². The first-order chi connectivity index (χ1) is 8.77. The van der Waals surface area contributed by atoms with Gasteiger partial charge in [0.1, 0.15) is 5.69 Å². The Hall–Kier alpha value is -1.62. The number of amides is 1. The second-order valence-electron chi connectivity index (χ2n) is 3.96. The van der Waals surface area contributed by atoms with Crippen molar-refractivity contribution in [3.8, 4) is 0 Å². The summed E-state index contributed by atoms with van der Waals surface area (Å²) in [5.74, 6) is -0.127. The van der Waals surface area contributed by atoms with Crippen LogP contribution in [-0.2, 0) is 4.74 Å². The number of nitrogens with one attached hydrogen (secondary N) is 2. The van der Waals surface area contributed by atoms with E-state index in [1.54, 1.807) is 19.4 Å². The maximum absolute atomic E-state index is 11.7. The van der Waals surface area contributed by atoms with E-state index in [1.807, 2.05) is 13.0 Å². The van der Waals surface area contributed by atoms with Gasteiger partial charge in [0, 0.05) is 38.7 Å². The van der Waals surface area contributed by atoms with Gasteiger partial charge in [-0.1, -0.05) is 6.92 Å². The summed E-state index contributed by atoms with van der Waals surface area (Å²) < 4.78 is 4.97. The Bertz CT molecular complexity index is 369. The van der Waals surface area contributed by atoms with E-state index in [9.17, 15) is 4.79 Å². The lowest BCUT2D eigenvalue weighted by Gasteiger charge is -2.07. The van der Waals surface area contributed by atoms with Gasteiger partial charge in [0.25, 0.3) is 5.91 Å². The second kappa shape index (κ2) is 8.47. The molecule has 0 atom stereocenters. The fourth-order valence-electron chi connectivity index (χ4n) is 1.44. The van der Waals surface area contributed by atoms with Crippen molar-refractivity contribution in [2.75, 3.05) is 32.1 Å². The zero-order valence-corrected chi connectivity index (χ0v) is 11.0. The summed E-state index contributed by atoms with van der Waals surface area (Å²) in [6, 6.07) is 3.61. The number of methoxy groups -OCH3 is 1. The fraction of sp³-hybridized carbons (Fsp3) is 0.538. The van der Waals surface area contributed by atoms with Gasteiger partial charge in [-0.25, -0.2) is 0 Å². The summed E-state index contributed by atoms with van der Waals surface area (Å²) >= 11 is 0. The van der Waals surface area contributed by atoms with Crippen LogP contribution < -0.4 is 10.6 Å². The smallest absolute Gasteiger partial charge is 0.269 e. The maximum atomic E-state index is 11.7. The molecule has 1 amide bonds. The number of aromatic nitrogens is 1. The Morgan fingerprint density at radius 1 is 1.44 bits per heavy atom. The molecule has 2 N–H and O–H groups in total. The molecule has 0 radical (unpaired) electrons. The van der Waals surface area contributed by atoms with Gasteiger partial charge < -0.3 is 15.4 Å². The summed E-state index contributed by atoms with van der Waals surface area (Å²) in [5, 5.41) is 6.03. The molecule has 1 rings (SSSR count). The van der Waals surface area contributed by atoms with Crippen LogP contribution in [0.3, 0.4) is 0 Å². The van der Waals surface area contributed by atoms with Crippen molar-refractivity contribution in [2.24, 2.45) is 0 Å². The molecule has 0 aliphatic carbocycles. The lowest BCUT2D eigenvalue weighted by Crippen LogP contribution is -2.25. The van der Waals surface area contributed by atoms with Crippen LogP contribution in [0.25, 0.3) is 0 Å². The standard InChI is InChI=1S/C13H21N3O2/c1-3-6-16-13(17)12-10-11(5-8-15-12)14-7-4-9-18-2/h5,8,10H,3-4,6-7,9H2,1-2H3,(H,14,15)(H,16,17). The molecule has 100 valence electrons. The highest BCUT2D eigenvalue weighted by Gasteiger charge is 2.06. The fourth-order valence-corrected chi connectivity index (χ4v) is 1.44. The predicted octanol–water partition coefficient (Wildman–Crippen LogP) is 1.67. The summed E-state index contributed by atoms with van der Waals surface area (Å²) in [6.07, 6.45) is 3.48. The van der Waals surface area contributed by atoms with Gasteiger partial charge in [0.15, 0.2) is 0 Å². The van der Waals surface area contributed by atoms with Crippen LogP contribution in [0.2, 0.25) is 0 Å². The van der Waals surface area contributed by atoms with Crippen molar-refractivity contribution in [3.63, 3.8) is 0 Å². The van der Waals surface area contributed by atoms with Crippen LogP contribution in [0, 0.1) is 0 Å². The quantitative estimate of drug-likeness (QED) is 0.690. The molecular formula is C13H21N3O2. The highest BCUT2D eigenvalue weighted by molar-refractivity contribution is 5.93. The monoisotopic (exact) mass is 251 g/mol. The average Bonchev–Trinajstić information content (AvgIpc) is 2.41. The summed E-state index contributed by atoms with van der Waals surface area (Å²) in [5.41, 5.74) is 1.35. The van der Waals surface area contributed by atoms with Gasteiger partial charge >= 0.3 is 0 Å². The van der Waals surface area contributed by atoms with Gasteiger partial charge in [-0.05, 0) is 25.0 Å². The SMILES string of the molecule is CCCNC(=O)c1cc(NCCCOC)ccn1. The van der Waals surface area contributed by atoms with Crippen LogP contribution in [0.5, 0.6) is 0 Å². The normalized spacial score (nSPS) is 10.1. The lowest BCUT2D eigenvalue weighted by molar-refractivity contribution is 0.0948. The van der Waals surface area contributed by atoms with Crippen LogP contribution in [0.15, 0.2) is 18.3 Å². The number of hydrogen-bond donors (Lipinski definition) is 2. The Morgan fingerprint density at radius 2 is 2.28 bits per heavy atom. The van der Waals surface area contributed by atoms with Gasteiger partial charge in [-0.2, -0.15) is 0 Å². The molecule has 0 fully saturated rings. The van der Waals surface area contributed by atoms with E-state index in [1.165, 1.54) is 0 Å². The first-order valence-electron chi connectivity index (χ1n) is 6.25. The van der Waals surface area contributed by atoms with Crippen molar-refractivity contribution in [1.82, 2.24) is 10.3 Å². The Morgan fingerprint density at radius 3 is 3.00 bits per heavy atom. The average molecular weight is 251 g/mol. The Kier molecular flexibility index (Phi) is 6.79. The molecule has 1 heterocycles. The molecule has 1 aromatic rings. The molecule has 5 heteroatoms. The van der Waals surface area contributed by atoms with Gasteiger partial charge in [0.2, 0.25) is 0 Å². The molecule has 0 saturated heterocycles. The number of carbonyl (C=O) groups excluding carboxylic acids is 1. The second-order valence-corrected chi connectivity index (χ2v) is 3.96. The molecule has 1 aromatic heterocycles. The van der Waals surface area contributed by atoms with E-state index in [-0.39, 0.29) is 5.91 Å². The molecular weight excluding hydrogens is 230 g/mol. The van der Waals surface area contributed by atoms with Crippen molar-refractivity contribution in [3.05, 3.63) is 24.0 Å². The predicted molar refractivity (Wildman–Crippen MR) is 71.8 cm³/mol. The largest absolute Gasteiger partial charge is 0.385 e. The minimum Gasteiger partial charge on any atom is -0.385 e. The van der Waals surface area contributed by atoms with E-state index >= 15 is 0 Å². The topological polar surface area (TPSA) is 63.2 Å². The number of pyridine rings is 1. The maximum Gasteiger partial charge on any atom is 0.269 e. The van der Waals surface area contributed by atoms with E-state index in [4.69, 9.17) is 4.74 Å². The highest BCUT2D eigenvalue weighted by Crippen LogP contribution is 2.07. The molecule has 18 heavy (non-hydrogen) atoms. The first-order valence-corrected chi connectivity index (χ1v) is 6.25. The summed E-state index contributed by atoms with van der Waals surface area (Å²) in [4.78, 5) is 15.8. The number of nitrogens with zero attached hydrogens (tertiary/aromatic N) is 1. The van der Waals surface area contributed by atoms with Gasteiger partial charge in [-0.3, -0.25) is 9.78 Å². The number of ether oxygens (including phenoxy) is 1. The minimum atomic E-state index is -0.127. The first kappa shape index (κ1) is 14.4. The molecule has 0 aliphatic heterocycles. The third-order valence-electron chi connectivity index (χ3n) is 2.38. The van der Waals surface area contributed by atoms with E-state index in [0.717, 1.165) is 31.7 Å². The van der Waals surface area contributed by atoms with E-state index in [2.05, 4.69) is 15.6 Å². The van der Waals surface area contributed by atoms with Crippen molar-refractivity contribution < 1.29 is 9.53 Å². The zero-order valence-electron chi connectivity index (χ0n) is 11.0. The zero-order chi connectivity index (χ0) is 13.2. The molecule has 0 unspecified atom stereocenters. The van der Waals surface area contributed by atoms with Crippen molar-refractivity contribution in [2.45, 2.75) is 19.8 Å². The van der Waals surface area contributed by atoms with Gasteiger partial charge in [-0.15, -0.1) is 0 Å². The molecule has 0 aliphatic rings. The third-order valence-corrected chi connectivity index (χ3v) is 2.38. The summed E-state index contributed by atoms with van der Waals surface area (Å²) in [7, 11) is 1.68. The van der Waals surface area contributed by atoms with Crippen LogP contribution in [-0.4, -0.2) is 37.7 Å².